The van der Waals surface area contributed by atoms with Gasteiger partial charge in [0.2, 0.25) is 11.8 Å². The van der Waals surface area contributed by atoms with Gasteiger partial charge in [-0.2, -0.15) is 15.5 Å². The molecule has 0 radical (unpaired) electrons. The molecule has 2 N–H and O–H groups in total. The van der Waals surface area contributed by atoms with E-state index < -0.39 is 35.1 Å². The van der Waals surface area contributed by atoms with Gasteiger partial charge in [0.05, 0.1) is 53.8 Å². The summed E-state index contributed by atoms with van der Waals surface area (Å²) in [4.78, 5) is 55.0. The highest BCUT2D eigenvalue weighted by atomic mass is 19.1. The molecule has 6 fully saturated rings. The average molecular weight is 910 g/mol. The van der Waals surface area contributed by atoms with Gasteiger partial charge >= 0.3 is 0 Å². The lowest BCUT2D eigenvalue weighted by molar-refractivity contribution is -0.133. The summed E-state index contributed by atoms with van der Waals surface area (Å²) in [7, 11) is 0. The Bertz CT molecular complexity index is 2920. The summed E-state index contributed by atoms with van der Waals surface area (Å²) >= 11 is 0. The van der Waals surface area contributed by atoms with Gasteiger partial charge in [-0.3, -0.25) is 29.3 Å². The molecule has 19 heteroatoms. The quantitative estimate of drug-likeness (QED) is 0.173. The minimum Gasteiger partial charge on any atom is -0.374 e. The second-order valence-electron chi connectivity index (χ2n) is 18.1. The highest BCUT2D eigenvalue weighted by Crippen LogP contribution is 2.38. The number of fused-ring (bicyclic) bond motifs is 3. The number of amides is 3. The Kier molecular flexibility index (Phi) is 10.8. The summed E-state index contributed by atoms with van der Waals surface area (Å²) in [5.74, 6) is -2.70. The van der Waals surface area contributed by atoms with Gasteiger partial charge in [-0.05, 0) is 81.0 Å². The van der Waals surface area contributed by atoms with E-state index in [0.717, 1.165) is 62.9 Å². The molecule has 3 amide bonds. The number of carbonyl (C=O) groups excluding carboxylic acids is 3. The molecule has 67 heavy (non-hydrogen) atoms. The number of pyridine rings is 1. The van der Waals surface area contributed by atoms with Gasteiger partial charge < -0.3 is 20.0 Å². The lowest BCUT2D eigenvalue weighted by atomic mass is 9.86. The van der Waals surface area contributed by atoms with Gasteiger partial charge in [0.15, 0.2) is 0 Å². The van der Waals surface area contributed by atoms with Gasteiger partial charge in [-0.15, -0.1) is 0 Å². The lowest BCUT2D eigenvalue weighted by Crippen LogP contribution is -2.70. The first kappa shape index (κ1) is 42.3. The maximum Gasteiger partial charge on any atom is 0.260 e. The maximum absolute atomic E-state index is 15.4. The van der Waals surface area contributed by atoms with Crippen molar-refractivity contribution in [2.24, 2.45) is 0 Å². The van der Waals surface area contributed by atoms with E-state index in [9.17, 15) is 28.4 Å². The van der Waals surface area contributed by atoms with E-state index in [4.69, 9.17) is 15.1 Å². The number of aromatic nitrogens is 6. The fourth-order valence-electron chi connectivity index (χ4n) is 10.7. The summed E-state index contributed by atoms with van der Waals surface area (Å²) in [6.45, 7) is 4.01. The predicted octanol–water partition coefficient (Wildman–Crippen LogP) is 5.57. The van der Waals surface area contributed by atoms with Crippen molar-refractivity contribution < 1.29 is 27.6 Å². The number of carbonyl (C=O) groups is 3. The van der Waals surface area contributed by atoms with Crippen LogP contribution in [0.2, 0.25) is 0 Å². The molecule has 12 rings (SSSR count). The van der Waals surface area contributed by atoms with Crippen molar-refractivity contribution in [2.45, 2.75) is 75.2 Å². The number of hydrogen-bond acceptors (Lipinski definition) is 12. The van der Waals surface area contributed by atoms with Gasteiger partial charge in [-0.1, -0.05) is 6.07 Å². The van der Waals surface area contributed by atoms with E-state index in [1.807, 2.05) is 29.2 Å². The van der Waals surface area contributed by atoms with E-state index in [2.05, 4.69) is 36.5 Å². The van der Waals surface area contributed by atoms with Crippen molar-refractivity contribution in [1.82, 2.24) is 44.5 Å². The first-order valence-corrected chi connectivity index (χ1v) is 22.8. The summed E-state index contributed by atoms with van der Waals surface area (Å²) in [5, 5.41) is 24.7. The minimum atomic E-state index is -0.865. The van der Waals surface area contributed by atoms with Crippen LogP contribution in [0.3, 0.4) is 0 Å². The highest BCUT2D eigenvalue weighted by Gasteiger charge is 2.48. The first-order chi connectivity index (χ1) is 32.6. The van der Waals surface area contributed by atoms with Crippen LogP contribution in [-0.4, -0.2) is 120 Å². The number of hydrogen-bond donors (Lipinski definition) is 2. The smallest absolute Gasteiger partial charge is 0.260 e. The summed E-state index contributed by atoms with van der Waals surface area (Å²) in [5.41, 5.74) is 4.15. The molecule has 3 atom stereocenters. The van der Waals surface area contributed by atoms with E-state index in [-0.39, 0.29) is 36.3 Å². The van der Waals surface area contributed by atoms with E-state index >= 15 is 4.39 Å². The normalized spacial score (nSPS) is 23.2. The number of anilines is 3. The van der Waals surface area contributed by atoms with Crippen LogP contribution in [-0.2, 0) is 9.59 Å². The Labute approximate surface area is 383 Å². The zero-order valence-corrected chi connectivity index (χ0v) is 36.4. The van der Waals surface area contributed by atoms with Gasteiger partial charge in [-0.25, -0.2) is 27.7 Å². The van der Waals surface area contributed by atoms with Crippen molar-refractivity contribution in [2.75, 3.05) is 54.4 Å². The Morgan fingerprint density at radius 2 is 1.55 bits per heavy atom. The SMILES string of the molecule is N#Cc1cnn2cc(-c3cnn(C4CCC(N5CCN(c6ccc(N[C@H]7CCC(=O)NC7=O)cc6F)CC5)CC4)c3)nc(-c3ccc(N4CC5CC(C4)N5C(=O)c4c(F)cccc4F)nc3)c12. The number of rotatable bonds is 9. The Balaban J connectivity index is 0.718. The summed E-state index contributed by atoms with van der Waals surface area (Å²) < 4.78 is 48.0. The zero-order valence-electron chi connectivity index (χ0n) is 36.4. The minimum absolute atomic E-state index is 0.197. The van der Waals surface area contributed by atoms with Crippen molar-refractivity contribution in [3.05, 3.63) is 108 Å². The standard InChI is InChI=1S/C48H46F3N13O3/c49-36-2-1-3-37(50)44(36)48(67)64-34-19-35(64)26-61(25-34)42-12-4-28(21-53-42)45-46-29(20-52)22-55-63(46)27-40(57-45)30-23-54-62(24-30)33-8-6-32(7-9-33)59-14-16-60(17-15-59)41-11-5-31(18-38(41)51)56-39-10-13-43(65)58-47(39)66/h1-5,11-12,18,21-24,27,32-35,39,56H,6-10,13-17,19,25-26H2,(H,58,65,66)/t32?,33?,34?,35?,39-/m0/s1. The molecule has 16 nitrogen and oxygen atoms in total. The second kappa shape index (κ2) is 17.1. The number of nitriles is 1. The number of piperazine rings is 2. The number of nitrogens with zero attached hydrogens (tertiary/aromatic N) is 11. The molecular weight excluding hydrogens is 864 g/mol. The topological polar surface area (TPSA) is 173 Å². The molecule has 1 saturated carbocycles. The number of imide groups is 1. The lowest BCUT2D eigenvalue weighted by Gasteiger charge is -2.56. The third kappa shape index (κ3) is 7.88. The largest absolute Gasteiger partial charge is 0.374 e. The molecule has 1 aliphatic carbocycles. The van der Waals surface area contributed by atoms with E-state index in [1.165, 1.54) is 18.3 Å². The van der Waals surface area contributed by atoms with Crippen molar-refractivity contribution in [3.63, 3.8) is 0 Å². The third-order valence-corrected chi connectivity index (χ3v) is 14.2. The first-order valence-electron chi connectivity index (χ1n) is 22.8. The van der Waals surface area contributed by atoms with Crippen LogP contribution < -0.4 is 20.4 Å². The molecule has 2 bridgehead atoms. The zero-order chi connectivity index (χ0) is 45.9. The molecule has 0 spiro atoms. The van der Waals surface area contributed by atoms with Crippen LogP contribution in [0.1, 0.15) is 66.9 Å². The molecule has 6 aliphatic rings. The van der Waals surface area contributed by atoms with Crippen LogP contribution in [0, 0.1) is 28.8 Å². The fourth-order valence-corrected chi connectivity index (χ4v) is 10.7. The number of halogens is 3. The van der Waals surface area contributed by atoms with Gasteiger partial charge in [0, 0.05) is 80.9 Å². The van der Waals surface area contributed by atoms with Crippen LogP contribution in [0.5, 0.6) is 0 Å². The molecule has 5 saturated heterocycles. The molecule has 5 aliphatic heterocycles. The Morgan fingerprint density at radius 3 is 2.25 bits per heavy atom. The molecular formula is C48H46F3N13O3. The highest BCUT2D eigenvalue weighted by molar-refractivity contribution is 6.01. The van der Waals surface area contributed by atoms with Crippen molar-refractivity contribution in [3.8, 4) is 28.6 Å². The van der Waals surface area contributed by atoms with Crippen LogP contribution >= 0.6 is 0 Å². The molecule has 2 unspecified atom stereocenters. The second-order valence-corrected chi connectivity index (χ2v) is 18.1. The summed E-state index contributed by atoms with van der Waals surface area (Å²) in [6.07, 6.45) is 14.2. The molecule has 9 heterocycles. The fraction of sp³-hybridized carbons (Fsp3) is 0.375. The molecule has 342 valence electrons. The van der Waals surface area contributed by atoms with Crippen LogP contribution in [0.4, 0.5) is 30.4 Å². The third-order valence-electron chi connectivity index (χ3n) is 14.2. The van der Waals surface area contributed by atoms with Crippen LogP contribution in [0.25, 0.3) is 28.0 Å². The maximum atomic E-state index is 15.4. The van der Waals surface area contributed by atoms with Crippen molar-refractivity contribution in [1.29, 1.82) is 5.26 Å². The monoisotopic (exact) mass is 909 g/mol. The number of nitrogens with one attached hydrogen (secondary N) is 2. The van der Waals surface area contributed by atoms with E-state index in [1.54, 1.807) is 33.9 Å². The number of benzene rings is 2. The Morgan fingerprint density at radius 1 is 0.791 bits per heavy atom. The number of piperidine rings is 2. The Hall–Kier alpha value is -7.33. The molecule has 2 aromatic carbocycles. The average Bonchev–Trinajstić information content (AvgIpc) is 4.01. The van der Waals surface area contributed by atoms with Gasteiger partial charge in [0.25, 0.3) is 5.91 Å². The van der Waals surface area contributed by atoms with Crippen molar-refractivity contribution >= 4 is 40.4 Å². The molecule has 4 aromatic heterocycles. The summed E-state index contributed by atoms with van der Waals surface area (Å²) in [6, 6.07) is 14.1. The molecule has 6 aromatic rings. The van der Waals surface area contributed by atoms with E-state index in [0.29, 0.717) is 83.9 Å². The van der Waals surface area contributed by atoms with Crippen LogP contribution in [0.15, 0.2) is 79.5 Å². The van der Waals surface area contributed by atoms with Gasteiger partial charge in [0.1, 0.15) is 52.0 Å². The predicted molar refractivity (Wildman–Crippen MR) is 240 cm³/mol.